The minimum absolute atomic E-state index is 0.632. The largest absolute Gasteiger partial charge is 0.317 e. The number of benzene rings is 1. The van der Waals surface area contributed by atoms with Crippen LogP contribution in [0.4, 0.5) is 0 Å². The van der Waals surface area contributed by atoms with Crippen molar-refractivity contribution in [1.82, 2.24) is 15.5 Å². The maximum absolute atomic E-state index is 4.48. The molecule has 18 heavy (non-hydrogen) atoms. The van der Waals surface area contributed by atoms with E-state index in [2.05, 4.69) is 51.9 Å². The summed E-state index contributed by atoms with van der Waals surface area (Å²) >= 11 is 0. The van der Waals surface area contributed by atoms with Gasteiger partial charge in [0.05, 0.1) is 5.69 Å². The first-order chi connectivity index (χ1) is 8.92. The smallest absolute Gasteiger partial charge is 0.0656 e. The van der Waals surface area contributed by atoms with E-state index in [1.807, 2.05) is 0 Å². The summed E-state index contributed by atoms with van der Waals surface area (Å²) in [5.41, 5.74) is 3.79. The molecule has 0 bridgehead atoms. The fourth-order valence-electron chi connectivity index (χ4n) is 2.61. The molecule has 3 nitrogen and oxygen atoms in total. The van der Waals surface area contributed by atoms with Gasteiger partial charge in [0, 0.05) is 18.0 Å². The lowest BCUT2D eigenvalue weighted by atomic mass is 9.94. The zero-order valence-corrected chi connectivity index (χ0v) is 10.5. The summed E-state index contributed by atoms with van der Waals surface area (Å²) in [7, 11) is 0. The average Bonchev–Trinajstić information content (AvgIpc) is 2.89. The Morgan fingerprint density at radius 2 is 1.89 bits per heavy atom. The predicted octanol–water partition coefficient (Wildman–Crippen LogP) is 2.47. The highest BCUT2D eigenvalue weighted by Gasteiger charge is 2.17. The van der Waals surface area contributed by atoms with E-state index in [1.165, 1.54) is 29.8 Å². The Bertz CT molecular complexity index is 483. The molecule has 0 unspecified atom stereocenters. The highest BCUT2D eigenvalue weighted by Crippen LogP contribution is 2.24. The topological polar surface area (TPSA) is 40.7 Å². The van der Waals surface area contributed by atoms with E-state index in [0.29, 0.717) is 5.92 Å². The number of aromatic amines is 1. The van der Waals surface area contributed by atoms with Crippen LogP contribution in [-0.4, -0.2) is 23.3 Å². The van der Waals surface area contributed by atoms with E-state index in [4.69, 9.17) is 0 Å². The number of aromatic nitrogens is 2. The molecule has 2 heterocycles. The minimum atomic E-state index is 0.632. The van der Waals surface area contributed by atoms with Gasteiger partial charge in [0.15, 0.2) is 0 Å². The third-order valence-electron chi connectivity index (χ3n) is 3.65. The van der Waals surface area contributed by atoms with Gasteiger partial charge in [0.1, 0.15) is 0 Å². The van der Waals surface area contributed by atoms with E-state index < -0.39 is 0 Å². The van der Waals surface area contributed by atoms with Crippen LogP contribution in [0.25, 0.3) is 0 Å². The van der Waals surface area contributed by atoms with Crippen LogP contribution in [0.2, 0.25) is 0 Å². The number of piperidine rings is 1. The molecule has 0 radical (unpaired) electrons. The molecular weight excluding hydrogens is 222 g/mol. The number of nitrogens with zero attached hydrogens (tertiary/aromatic N) is 1. The van der Waals surface area contributed by atoms with Crippen molar-refractivity contribution in [3.8, 4) is 0 Å². The zero-order chi connectivity index (χ0) is 12.2. The lowest BCUT2D eigenvalue weighted by molar-refractivity contribution is 0.453. The number of rotatable bonds is 3. The van der Waals surface area contributed by atoms with E-state index >= 15 is 0 Å². The van der Waals surface area contributed by atoms with Crippen molar-refractivity contribution in [2.24, 2.45) is 0 Å². The monoisotopic (exact) mass is 241 g/mol. The van der Waals surface area contributed by atoms with Crippen molar-refractivity contribution in [2.45, 2.75) is 25.2 Å². The molecule has 0 aliphatic carbocycles. The number of nitrogens with one attached hydrogen (secondary N) is 2. The summed E-state index contributed by atoms with van der Waals surface area (Å²) in [6.07, 6.45) is 3.35. The molecule has 1 aliphatic heterocycles. The molecule has 94 valence electrons. The van der Waals surface area contributed by atoms with E-state index in [-0.39, 0.29) is 0 Å². The van der Waals surface area contributed by atoms with Gasteiger partial charge >= 0.3 is 0 Å². The van der Waals surface area contributed by atoms with Gasteiger partial charge in [0.2, 0.25) is 0 Å². The SMILES string of the molecule is c1ccc(Cc2cc(C3CCNCC3)n[nH]2)cc1. The fourth-order valence-corrected chi connectivity index (χ4v) is 2.61. The molecule has 3 rings (SSSR count). The molecule has 0 spiro atoms. The second-order valence-corrected chi connectivity index (χ2v) is 5.00. The van der Waals surface area contributed by atoms with Gasteiger partial charge in [-0.25, -0.2) is 0 Å². The fraction of sp³-hybridized carbons (Fsp3) is 0.400. The first-order valence-electron chi connectivity index (χ1n) is 6.70. The normalized spacial score (nSPS) is 16.9. The Balaban J connectivity index is 1.69. The summed E-state index contributed by atoms with van der Waals surface area (Å²) in [5.74, 6) is 0.632. The Morgan fingerprint density at radius 1 is 1.11 bits per heavy atom. The van der Waals surface area contributed by atoms with Crippen molar-refractivity contribution < 1.29 is 0 Å². The molecular formula is C15H19N3. The van der Waals surface area contributed by atoms with Crippen LogP contribution in [0.5, 0.6) is 0 Å². The van der Waals surface area contributed by atoms with Gasteiger partial charge < -0.3 is 5.32 Å². The van der Waals surface area contributed by atoms with E-state index in [0.717, 1.165) is 19.5 Å². The van der Waals surface area contributed by atoms with Crippen molar-refractivity contribution in [3.05, 3.63) is 53.3 Å². The van der Waals surface area contributed by atoms with Gasteiger partial charge in [-0.2, -0.15) is 5.10 Å². The number of hydrogen-bond donors (Lipinski definition) is 2. The Morgan fingerprint density at radius 3 is 2.67 bits per heavy atom. The number of H-pyrrole nitrogens is 1. The van der Waals surface area contributed by atoms with Crippen LogP contribution in [0.3, 0.4) is 0 Å². The van der Waals surface area contributed by atoms with Crippen molar-refractivity contribution in [3.63, 3.8) is 0 Å². The minimum Gasteiger partial charge on any atom is -0.317 e. The van der Waals surface area contributed by atoms with E-state index in [1.54, 1.807) is 0 Å². The summed E-state index contributed by atoms with van der Waals surface area (Å²) in [5, 5.41) is 11.1. The highest BCUT2D eigenvalue weighted by atomic mass is 15.1. The van der Waals surface area contributed by atoms with Crippen LogP contribution in [0.15, 0.2) is 36.4 Å². The summed E-state index contributed by atoms with van der Waals surface area (Å²) in [6, 6.07) is 12.8. The zero-order valence-electron chi connectivity index (χ0n) is 10.5. The molecule has 0 amide bonds. The third-order valence-corrected chi connectivity index (χ3v) is 3.65. The quantitative estimate of drug-likeness (QED) is 0.866. The standard InChI is InChI=1S/C15H19N3/c1-2-4-12(5-3-1)10-14-11-15(18-17-14)13-6-8-16-9-7-13/h1-5,11,13,16H,6-10H2,(H,17,18). The van der Waals surface area contributed by atoms with Crippen LogP contribution < -0.4 is 5.32 Å². The van der Waals surface area contributed by atoms with E-state index in [9.17, 15) is 0 Å². The third kappa shape index (κ3) is 2.62. The Hall–Kier alpha value is -1.61. The molecule has 1 aromatic carbocycles. The van der Waals surface area contributed by atoms with Gasteiger partial charge in [-0.1, -0.05) is 30.3 Å². The highest BCUT2D eigenvalue weighted by molar-refractivity contribution is 5.23. The van der Waals surface area contributed by atoms with Gasteiger partial charge in [-0.3, -0.25) is 5.10 Å². The maximum Gasteiger partial charge on any atom is 0.0656 e. The van der Waals surface area contributed by atoms with Crippen LogP contribution >= 0.6 is 0 Å². The summed E-state index contributed by atoms with van der Waals surface area (Å²) in [6.45, 7) is 2.23. The molecule has 1 fully saturated rings. The Labute approximate surface area is 108 Å². The predicted molar refractivity (Wildman–Crippen MR) is 72.7 cm³/mol. The maximum atomic E-state index is 4.48. The molecule has 0 saturated carbocycles. The van der Waals surface area contributed by atoms with Gasteiger partial charge in [-0.15, -0.1) is 0 Å². The molecule has 1 saturated heterocycles. The summed E-state index contributed by atoms with van der Waals surface area (Å²) < 4.78 is 0. The van der Waals surface area contributed by atoms with Gasteiger partial charge in [0.25, 0.3) is 0 Å². The first-order valence-corrected chi connectivity index (χ1v) is 6.70. The molecule has 2 aromatic rings. The average molecular weight is 241 g/mol. The molecule has 2 N–H and O–H groups in total. The lowest BCUT2D eigenvalue weighted by Gasteiger charge is -2.20. The molecule has 1 aromatic heterocycles. The lowest BCUT2D eigenvalue weighted by Crippen LogP contribution is -2.26. The Kier molecular flexibility index (Phi) is 3.42. The van der Waals surface area contributed by atoms with Crippen LogP contribution in [0, 0.1) is 0 Å². The molecule has 1 aliphatic rings. The molecule has 0 atom stereocenters. The second-order valence-electron chi connectivity index (χ2n) is 5.00. The number of hydrogen-bond acceptors (Lipinski definition) is 2. The van der Waals surface area contributed by atoms with Crippen molar-refractivity contribution in [1.29, 1.82) is 0 Å². The first kappa shape index (κ1) is 11.5. The van der Waals surface area contributed by atoms with Crippen LogP contribution in [-0.2, 0) is 6.42 Å². The van der Waals surface area contributed by atoms with Crippen LogP contribution in [0.1, 0.15) is 35.7 Å². The van der Waals surface area contributed by atoms with Crippen molar-refractivity contribution >= 4 is 0 Å². The van der Waals surface area contributed by atoms with Gasteiger partial charge in [-0.05, 0) is 37.6 Å². The molecule has 3 heteroatoms. The second kappa shape index (κ2) is 5.36. The van der Waals surface area contributed by atoms with Crippen molar-refractivity contribution in [2.75, 3.05) is 13.1 Å². The summed E-state index contributed by atoms with van der Waals surface area (Å²) in [4.78, 5) is 0.